The third-order valence-electron chi connectivity index (χ3n) is 5.30. The molecule has 1 aliphatic heterocycles. The Labute approximate surface area is 124 Å². The predicted molar refractivity (Wildman–Crippen MR) is 83.6 cm³/mol. The molecule has 0 radical (unpaired) electrons. The molecule has 116 valence electrons. The van der Waals surface area contributed by atoms with Crippen molar-refractivity contribution in [2.45, 2.75) is 83.7 Å². The Morgan fingerprint density at radius 2 is 1.85 bits per heavy atom. The molecule has 0 aromatic rings. The highest BCUT2D eigenvalue weighted by Crippen LogP contribution is 2.28. The van der Waals surface area contributed by atoms with Crippen molar-refractivity contribution in [3.8, 4) is 0 Å². The van der Waals surface area contributed by atoms with E-state index in [-0.39, 0.29) is 11.9 Å². The van der Waals surface area contributed by atoms with Gasteiger partial charge in [-0.05, 0) is 56.9 Å². The molecule has 1 amide bonds. The zero-order chi connectivity index (χ0) is 14.4. The Morgan fingerprint density at radius 3 is 2.50 bits per heavy atom. The van der Waals surface area contributed by atoms with Crippen LogP contribution < -0.4 is 10.6 Å². The maximum atomic E-state index is 12.4. The second-order valence-electron chi connectivity index (χ2n) is 6.82. The maximum absolute atomic E-state index is 12.4. The van der Waals surface area contributed by atoms with E-state index in [1.54, 1.807) is 0 Å². The molecule has 0 aromatic heterocycles. The summed E-state index contributed by atoms with van der Waals surface area (Å²) < 4.78 is 0. The molecule has 2 unspecified atom stereocenters. The lowest BCUT2D eigenvalue weighted by atomic mass is 9.83. The summed E-state index contributed by atoms with van der Waals surface area (Å²) in [7, 11) is 0. The van der Waals surface area contributed by atoms with Crippen LogP contribution in [0, 0.1) is 11.8 Å². The van der Waals surface area contributed by atoms with Crippen LogP contribution in [0.3, 0.4) is 0 Å². The molecule has 2 aliphatic rings. The molecule has 0 aromatic carbocycles. The Morgan fingerprint density at radius 1 is 1.10 bits per heavy atom. The first-order valence-electron chi connectivity index (χ1n) is 8.76. The van der Waals surface area contributed by atoms with Gasteiger partial charge in [0.2, 0.25) is 5.91 Å². The smallest absolute Gasteiger partial charge is 0.237 e. The van der Waals surface area contributed by atoms with Gasteiger partial charge >= 0.3 is 0 Å². The van der Waals surface area contributed by atoms with Gasteiger partial charge in [0.1, 0.15) is 0 Å². The Kier molecular flexibility index (Phi) is 6.34. The van der Waals surface area contributed by atoms with Crippen LogP contribution in [0.1, 0.15) is 71.6 Å². The molecule has 3 heteroatoms. The number of nitrogens with one attached hydrogen (secondary N) is 2. The van der Waals surface area contributed by atoms with E-state index in [2.05, 4.69) is 24.5 Å². The molecule has 2 fully saturated rings. The van der Waals surface area contributed by atoms with Gasteiger partial charge in [0.15, 0.2) is 0 Å². The summed E-state index contributed by atoms with van der Waals surface area (Å²) in [4.78, 5) is 12.4. The van der Waals surface area contributed by atoms with Crippen molar-refractivity contribution >= 4 is 5.91 Å². The van der Waals surface area contributed by atoms with Crippen molar-refractivity contribution in [2.75, 3.05) is 6.54 Å². The molecule has 0 bridgehead atoms. The fraction of sp³-hybridized carbons (Fsp3) is 0.941. The van der Waals surface area contributed by atoms with Gasteiger partial charge in [-0.2, -0.15) is 0 Å². The topological polar surface area (TPSA) is 41.1 Å². The first kappa shape index (κ1) is 15.8. The lowest BCUT2D eigenvalue weighted by Crippen LogP contribution is -2.51. The highest BCUT2D eigenvalue weighted by molar-refractivity contribution is 5.82. The van der Waals surface area contributed by atoms with Crippen molar-refractivity contribution < 1.29 is 4.79 Å². The molecule has 1 saturated carbocycles. The number of carbonyl (C=O) groups is 1. The van der Waals surface area contributed by atoms with E-state index in [9.17, 15) is 4.79 Å². The summed E-state index contributed by atoms with van der Waals surface area (Å²) in [6.45, 7) is 5.51. The summed E-state index contributed by atoms with van der Waals surface area (Å²) in [5, 5.41) is 6.68. The molecule has 2 N–H and O–H groups in total. The zero-order valence-electron chi connectivity index (χ0n) is 13.3. The second kappa shape index (κ2) is 8.02. The van der Waals surface area contributed by atoms with Crippen molar-refractivity contribution in [3.05, 3.63) is 0 Å². The molecule has 2 rings (SSSR count). The lowest BCUT2D eigenvalue weighted by Gasteiger charge is -2.33. The summed E-state index contributed by atoms with van der Waals surface area (Å²) in [5.74, 6) is 1.89. The highest BCUT2D eigenvalue weighted by atomic mass is 16.2. The van der Waals surface area contributed by atoms with Gasteiger partial charge in [-0.3, -0.25) is 4.79 Å². The Balaban J connectivity index is 1.72. The minimum atomic E-state index is 0.0575. The fourth-order valence-electron chi connectivity index (χ4n) is 3.87. The predicted octanol–water partition coefficient (Wildman–Crippen LogP) is 3.24. The van der Waals surface area contributed by atoms with Crippen LogP contribution in [0.5, 0.6) is 0 Å². The number of hydrogen-bond donors (Lipinski definition) is 2. The van der Waals surface area contributed by atoms with Crippen LogP contribution in [0.15, 0.2) is 0 Å². The molecule has 0 spiro atoms. The highest BCUT2D eigenvalue weighted by Gasteiger charge is 2.28. The molecule has 1 heterocycles. The van der Waals surface area contributed by atoms with Crippen LogP contribution in [-0.2, 0) is 4.79 Å². The van der Waals surface area contributed by atoms with Gasteiger partial charge in [-0.1, -0.05) is 33.1 Å². The molecule has 2 atom stereocenters. The standard InChI is InChI=1S/C17H32N2O/c1-3-5-14-6-8-15(9-7-14)19-17(20)16-12-13(4-2)10-11-18-16/h13-16,18H,3-12H2,1-2H3,(H,19,20). The van der Waals surface area contributed by atoms with E-state index in [0.717, 1.165) is 24.8 Å². The zero-order valence-corrected chi connectivity index (χ0v) is 13.3. The van der Waals surface area contributed by atoms with Crippen LogP contribution in [0.25, 0.3) is 0 Å². The number of hydrogen-bond acceptors (Lipinski definition) is 2. The van der Waals surface area contributed by atoms with Crippen LogP contribution in [-0.4, -0.2) is 24.5 Å². The summed E-state index contributed by atoms with van der Waals surface area (Å²) >= 11 is 0. The summed E-state index contributed by atoms with van der Waals surface area (Å²) in [6.07, 6.45) is 11.1. The minimum Gasteiger partial charge on any atom is -0.352 e. The Hall–Kier alpha value is -0.570. The van der Waals surface area contributed by atoms with Gasteiger partial charge in [0.05, 0.1) is 6.04 Å². The van der Waals surface area contributed by atoms with E-state index in [1.165, 1.54) is 51.4 Å². The fourth-order valence-corrected chi connectivity index (χ4v) is 3.87. The van der Waals surface area contributed by atoms with E-state index in [1.807, 2.05) is 0 Å². The first-order valence-corrected chi connectivity index (χ1v) is 8.76. The van der Waals surface area contributed by atoms with Gasteiger partial charge in [-0.25, -0.2) is 0 Å². The number of rotatable bonds is 5. The van der Waals surface area contributed by atoms with Crippen LogP contribution >= 0.6 is 0 Å². The molecule has 1 saturated heterocycles. The molecule has 20 heavy (non-hydrogen) atoms. The molecular formula is C17H32N2O. The average Bonchev–Trinajstić information content (AvgIpc) is 2.49. The number of piperidine rings is 1. The molecule has 1 aliphatic carbocycles. The molecular weight excluding hydrogens is 248 g/mol. The summed E-state index contributed by atoms with van der Waals surface area (Å²) in [5.41, 5.74) is 0. The average molecular weight is 280 g/mol. The first-order chi connectivity index (χ1) is 9.72. The van der Waals surface area contributed by atoms with Crippen LogP contribution in [0.4, 0.5) is 0 Å². The van der Waals surface area contributed by atoms with Gasteiger partial charge < -0.3 is 10.6 Å². The lowest BCUT2D eigenvalue weighted by molar-refractivity contribution is -0.125. The van der Waals surface area contributed by atoms with Gasteiger partial charge in [0, 0.05) is 6.04 Å². The monoisotopic (exact) mass is 280 g/mol. The minimum absolute atomic E-state index is 0.0575. The van der Waals surface area contributed by atoms with E-state index < -0.39 is 0 Å². The maximum Gasteiger partial charge on any atom is 0.237 e. The number of carbonyl (C=O) groups excluding carboxylic acids is 1. The summed E-state index contributed by atoms with van der Waals surface area (Å²) in [6, 6.07) is 0.487. The quantitative estimate of drug-likeness (QED) is 0.811. The van der Waals surface area contributed by atoms with Crippen molar-refractivity contribution in [3.63, 3.8) is 0 Å². The van der Waals surface area contributed by atoms with Gasteiger partial charge in [0.25, 0.3) is 0 Å². The third kappa shape index (κ3) is 4.47. The van der Waals surface area contributed by atoms with Crippen LogP contribution in [0.2, 0.25) is 0 Å². The van der Waals surface area contributed by atoms with Gasteiger partial charge in [-0.15, -0.1) is 0 Å². The SMILES string of the molecule is CCCC1CCC(NC(=O)C2CC(CC)CCN2)CC1. The second-order valence-corrected chi connectivity index (χ2v) is 6.82. The Bertz CT molecular complexity index is 297. The normalized spacial score (nSPS) is 34.7. The van der Waals surface area contributed by atoms with E-state index >= 15 is 0 Å². The van der Waals surface area contributed by atoms with E-state index in [4.69, 9.17) is 0 Å². The van der Waals surface area contributed by atoms with Crippen molar-refractivity contribution in [1.29, 1.82) is 0 Å². The van der Waals surface area contributed by atoms with E-state index in [0.29, 0.717) is 6.04 Å². The third-order valence-corrected chi connectivity index (χ3v) is 5.30. The molecule has 3 nitrogen and oxygen atoms in total. The van der Waals surface area contributed by atoms with Crippen molar-refractivity contribution in [2.24, 2.45) is 11.8 Å². The largest absolute Gasteiger partial charge is 0.352 e. The van der Waals surface area contributed by atoms with Crippen molar-refractivity contribution in [1.82, 2.24) is 10.6 Å². The number of amides is 1.